The lowest BCUT2D eigenvalue weighted by Crippen LogP contribution is -2.41. The summed E-state index contributed by atoms with van der Waals surface area (Å²) in [4.78, 5) is 47.7. The molecule has 0 saturated heterocycles. The van der Waals surface area contributed by atoms with Crippen LogP contribution >= 0.6 is 12.6 Å². The molecule has 0 unspecified atom stereocenters. The number of carbonyl (C=O) groups excluding carboxylic acids is 4. The van der Waals surface area contributed by atoms with Gasteiger partial charge in [-0.3, -0.25) is 14.4 Å². The first-order chi connectivity index (χ1) is 22.0. The number of esters is 1. The zero-order valence-electron chi connectivity index (χ0n) is 25.7. The number of thiol groups is 1. The first-order valence-electron chi connectivity index (χ1n) is 14.7. The van der Waals surface area contributed by atoms with Crippen molar-refractivity contribution < 1.29 is 37.1 Å². The van der Waals surface area contributed by atoms with Crippen LogP contribution in [0.5, 0.6) is 5.75 Å². The van der Waals surface area contributed by atoms with Gasteiger partial charge in [-0.2, -0.15) is 12.6 Å². The number of amides is 3. The number of hydrogen-bond donors (Lipinski definition) is 5. The van der Waals surface area contributed by atoms with Gasteiger partial charge in [0.2, 0.25) is 17.7 Å². The summed E-state index contributed by atoms with van der Waals surface area (Å²) in [6, 6.07) is 13.6. The quantitative estimate of drug-likeness (QED) is 0.0850. The van der Waals surface area contributed by atoms with E-state index < -0.39 is 15.8 Å². The highest BCUT2D eigenvalue weighted by Crippen LogP contribution is 2.34. The molecule has 46 heavy (non-hydrogen) atoms. The predicted molar refractivity (Wildman–Crippen MR) is 178 cm³/mol. The highest BCUT2D eigenvalue weighted by molar-refractivity contribution is 7.90. The van der Waals surface area contributed by atoms with Crippen molar-refractivity contribution in [2.45, 2.75) is 30.6 Å². The molecule has 2 aromatic carbocycles. The highest BCUT2D eigenvalue weighted by atomic mass is 32.2. The van der Waals surface area contributed by atoms with Gasteiger partial charge >= 0.3 is 5.97 Å². The highest BCUT2D eigenvalue weighted by Gasteiger charge is 2.27. The van der Waals surface area contributed by atoms with E-state index in [0.717, 1.165) is 37.5 Å². The van der Waals surface area contributed by atoms with E-state index in [1.165, 1.54) is 12.1 Å². The maximum atomic E-state index is 12.5. The molecule has 248 valence electrons. The minimum Gasteiger partial charge on any atom is -0.494 e. The Morgan fingerprint density at radius 3 is 2.11 bits per heavy atom. The molecule has 0 atom stereocenters. The molecule has 0 bridgehead atoms. The molecule has 14 heteroatoms. The Hall–Kier alpha value is -4.30. The minimum absolute atomic E-state index is 0.0614. The van der Waals surface area contributed by atoms with Gasteiger partial charge in [-0.15, -0.1) is 0 Å². The SMILES string of the molecule is C=C(CNC(=O)CS)NCC(=O)NCC(=O)NCCCCCCOc1ccc(C2=C(c3ccc(S(C)(=O)=O)cc3)COC2=O)cc1. The lowest BCUT2D eigenvalue weighted by Gasteiger charge is -2.11. The summed E-state index contributed by atoms with van der Waals surface area (Å²) in [5.41, 5.74) is 3.02. The zero-order valence-corrected chi connectivity index (χ0v) is 27.4. The second-order valence-corrected chi connectivity index (χ2v) is 12.9. The van der Waals surface area contributed by atoms with Crippen LogP contribution in [0.3, 0.4) is 0 Å². The summed E-state index contributed by atoms with van der Waals surface area (Å²) in [6.07, 6.45) is 4.57. The molecular weight excluding hydrogens is 633 g/mol. The normalized spacial score (nSPS) is 12.7. The van der Waals surface area contributed by atoms with Crippen LogP contribution in [0.15, 0.2) is 65.7 Å². The molecule has 4 N–H and O–H groups in total. The smallest absolute Gasteiger partial charge is 0.339 e. The number of unbranched alkanes of at least 4 members (excludes halogenated alkanes) is 3. The Morgan fingerprint density at radius 2 is 1.43 bits per heavy atom. The summed E-state index contributed by atoms with van der Waals surface area (Å²) in [5, 5.41) is 10.6. The molecule has 3 amide bonds. The van der Waals surface area contributed by atoms with Crippen LogP contribution in [0.4, 0.5) is 0 Å². The lowest BCUT2D eigenvalue weighted by atomic mass is 9.97. The Morgan fingerprint density at radius 1 is 0.826 bits per heavy atom. The average molecular weight is 673 g/mol. The van der Waals surface area contributed by atoms with Crippen LogP contribution in [0.25, 0.3) is 11.1 Å². The number of cyclic esters (lactones) is 1. The molecule has 1 heterocycles. The molecule has 0 fully saturated rings. The molecule has 1 aliphatic heterocycles. The third-order valence-corrected chi connectivity index (χ3v) is 8.29. The number of carbonyl (C=O) groups is 4. The lowest BCUT2D eigenvalue weighted by molar-refractivity contribution is -0.134. The molecule has 0 saturated carbocycles. The van der Waals surface area contributed by atoms with Crippen LogP contribution in [-0.4, -0.2) is 83.5 Å². The van der Waals surface area contributed by atoms with Gasteiger partial charge in [-0.1, -0.05) is 43.7 Å². The Bertz CT molecular complexity index is 1540. The Kier molecular flexibility index (Phi) is 14.2. The minimum atomic E-state index is -3.32. The van der Waals surface area contributed by atoms with Crippen molar-refractivity contribution >= 4 is 57.3 Å². The van der Waals surface area contributed by atoms with Crippen molar-refractivity contribution in [3.05, 3.63) is 71.9 Å². The van der Waals surface area contributed by atoms with Gasteiger partial charge in [-0.25, -0.2) is 13.2 Å². The number of nitrogens with one attached hydrogen (secondary N) is 4. The predicted octanol–water partition coefficient (Wildman–Crippen LogP) is 1.88. The van der Waals surface area contributed by atoms with Crippen molar-refractivity contribution in [3.63, 3.8) is 0 Å². The van der Waals surface area contributed by atoms with Gasteiger partial charge in [0.25, 0.3) is 0 Å². The number of ether oxygens (including phenoxy) is 2. The van der Waals surface area contributed by atoms with Crippen molar-refractivity contribution in [2.75, 3.05) is 51.4 Å². The van der Waals surface area contributed by atoms with Gasteiger partial charge < -0.3 is 30.7 Å². The van der Waals surface area contributed by atoms with E-state index in [1.807, 2.05) is 0 Å². The molecule has 1 aliphatic rings. The Labute approximate surface area is 274 Å². The fraction of sp³-hybridized carbons (Fsp3) is 0.375. The van der Waals surface area contributed by atoms with Gasteiger partial charge in [0.15, 0.2) is 9.84 Å². The van der Waals surface area contributed by atoms with E-state index in [2.05, 4.69) is 40.5 Å². The van der Waals surface area contributed by atoms with Gasteiger partial charge in [0.05, 0.1) is 42.5 Å². The van der Waals surface area contributed by atoms with Crippen LogP contribution < -0.4 is 26.0 Å². The number of benzene rings is 2. The summed E-state index contributed by atoms with van der Waals surface area (Å²) in [7, 11) is -3.32. The molecule has 0 spiro atoms. The second kappa shape index (κ2) is 18.0. The molecule has 0 radical (unpaired) electrons. The van der Waals surface area contributed by atoms with Gasteiger partial charge in [0, 0.05) is 24.1 Å². The van der Waals surface area contributed by atoms with Crippen molar-refractivity contribution in [3.8, 4) is 5.75 Å². The van der Waals surface area contributed by atoms with Crippen LogP contribution in [0, 0.1) is 0 Å². The second-order valence-electron chi connectivity index (χ2n) is 10.5. The maximum absolute atomic E-state index is 12.5. The van der Waals surface area contributed by atoms with Gasteiger partial charge in [0.1, 0.15) is 12.4 Å². The Balaban J connectivity index is 1.29. The first-order valence-corrected chi connectivity index (χ1v) is 17.3. The molecular formula is C32H40N4O8S2. The van der Waals surface area contributed by atoms with Crippen molar-refractivity contribution in [2.24, 2.45) is 0 Å². The molecule has 0 aliphatic carbocycles. The molecule has 2 aromatic rings. The summed E-state index contributed by atoms with van der Waals surface area (Å²) >= 11 is 3.85. The molecule has 0 aromatic heterocycles. The van der Waals surface area contributed by atoms with E-state index in [9.17, 15) is 27.6 Å². The third kappa shape index (κ3) is 11.9. The van der Waals surface area contributed by atoms with Crippen molar-refractivity contribution in [1.82, 2.24) is 21.3 Å². The third-order valence-electron chi connectivity index (χ3n) is 6.88. The van der Waals surface area contributed by atoms with E-state index in [4.69, 9.17) is 9.47 Å². The van der Waals surface area contributed by atoms with Crippen LogP contribution in [0.2, 0.25) is 0 Å². The number of sulfone groups is 1. The van der Waals surface area contributed by atoms with Crippen molar-refractivity contribution in [1.29, 1.82) is 0 Å². The monoisotopic (exact) mass is 672 g/mol. The number of rotatable bonds is 19. The fourth-order valence-corrected chi connectivity index (χ4v) is 5.12. The molecule has 12 nitrogen and oxygen atoms in total. The van der Waals surface area contributed by atoms with E-state index >= 15 is 0 Å². The molecule has 3 rings (SSSR count). The first kappa shape index (κ1) is 36.2. The zero-order chi connectivity index (χ0) is 33.5. The van der Waals surface area contributed by atoms with E-state index in [1.54, 1.807) is 36.4 Å². The topological polar surface area (TPSA) is 169 Å². The summed E-state index contributed by atoms with van der Waals surface area (Å²) in [5.74, 6) is -0.586. The average Bonchev–Trinajstić information content (AvgIpc) is 3.43. The number of hydrogen-bond acceptors (Lipinski definition) is 10. The van der Waals surface area contributed by atoms with Crippen LogP contribution in [-0.2, 0) is 33.8 Å². The fourth-order valence-electron chi connectivity index (χ4n) is 4.38. The summed E-state index contributed by atoms with van der Waals surface area (Å²) in [6.45, 7) is 4.83. The van der Waals surface area contributed by atoms with E-state index in [-0.39, 0.29) is 54.6 Å². The van der Waals surface area contributed by atoms with Gasteiger partial charge in [-0.05, 0) is 48.2 Å². The largest absolute Gasteiger partial charge is 0.494 e. The maximum Gasteiger partial charge on any atom is 0.339 e. The van der Waals surface area contributed by atoms with Crippen LogP contribution in [0.1, 0.15) is 36.8 Å². The summed E-state index contributed by atoms with van der Waals surface area (Å²) < 4.78 is 34.7. The standard InChI is InChI=1S/C32H40N4O8S2/c1-22(17-35-30(39)21-45)34-18-29(38)36-19-28(37)33-15-5-3-4-6-16-43-25-11-7-24(8-12-25)31-27(20-44-32(31)40)23-9-13-26(14-10-23)46(2,41)42/h7-14,34,45H,1,3-6,15-21H2,2H3,(H,33,37)(H,35,39)(H,36,38). The van der Waals surface area contributed by atoms with E-state index in [0.29, 0.717) is 41.3 Å².